The molecule has 1 N–H and O–H groups in total. The summed E-state index contributed by atoms with van der Waals surface area (Å²) in [7, 11) is 0. The molecule has 0 saturated heterocycles. The molecule has 0 radical (unpaired) electrons. The number of carbonyl (C=O) groups excluding carboxylic acids is 2. The first-order chi connectivity index (χ1) is 18.3. The van der Waals surface area contributed by atoms with Crippen molar-refractivity contribution < 1.29 is 19.5 Å². The SMILES string of the molecule is Br.Cc1ccc(N2N=C3c4ccncc4CCC3CC2=O)cc1.Cc1nccc2c1CCC(CC(=O)O)C2=O. The minimum Gasteiger partial charge on any atom is -0.481 e. The van der Waals surface area contributed by atoms with E-state index in [1.807, 2.05) is 50.4 Å². The number of pyridine rings is 2. The van der Waals surface area contributed by atoms with E-state index in [1.54, 1.807) is 23.5 Å². The fraction of sp³-hybridized carbons (Fsp3) is 0.333. The van der Waals surface area contributed by atoms with E-state index in [2.05, 4.69) is 9.97 Å². The van der Waals surface area contributed by atoms with E-state index < -0.39 is 5.97 Å². The van der Waals surface area contributed by atoms with E-state index in [0.29, 0.717) is 18.4 Å². The lowest BCUT2D eigenvalue weighted by molar-refractivity contribution is -0.137. The molecular weight excluding hydrogens is 560 g/mol. The van der Waals surface area contributed by atoms with Crippen LogP contribution in [0.1, 0.15) is 64.0 Å². The highest BCUT2D eigenvalue weighted by molar-refractivity contribution is 8.93. The zero-order chi connectivity index (χ0) is 26.8. The van der Waals surface area contributed by atoms with Gasteiger partial charge in [-0.05, 0) is 74.9 Å². The third-order valence-electron chi connectivity index (χ3n) is 7.54. The molecule has 8 nitrogen and oxygen atoms in total. The Bertz CT molecular complexity index is 1440. The number of nitrogens with zero attached hydrogens (tertiary/aromatic N) is 4. The Kier molecular flexibility index (Phi) is 8.70. The number of aromatic nitrogens is 2. The Balaban J connectivity index is 0.000000186. The van der Waals surface area contributed by atoms with Gasteiger partial charge in [-0.15, -0.1) is 17.0 Å². The normalized spacial score (nSPS) is 19.3. The number of hydrazone groups is 1. The monoisotopic (exact) mass is 590 g/mol. The van der Waals surface area contributed by atoms with Crippen LogP contribution in [0.4, 0.5) is 5.69 Å². The first kappa shape index (κ1) is 28.3. The summed E-state index contributed by atoms with van der Waals surface area (Å²) >= 11 is 0. The lowest BCUT2D eigenvalue weighted by Crippen LogP contribution is -2.39. The van der Waals surface area contributed by atoms with Crippen molar-refractivity contribution in [3.8, 4) is 0 Å². The molecule has 2 atom stereocenters. The average molecular weight is 592 g/mol. The predicted molar refractivity (Wildman–Crippen MR) is 154 cm³/mol. The highest BCUT2D eigenvalue weighted by atomic mass is 79.9. The third-order valence-corrected chi connectivity index (χ3v) is 7.54. The number of fused-ring (bicyclic) bond motifs is 4. The second-order valence-corrected chi connectivity index (χ2v) is 10.1. The van der Waals surface area contributed by atoms with E-state index in [0.717, 1.165) is 47.5 Å². The Morgan fingerprint density at radius 1 is 1.00 bits per heavy atom. The van der Waals surface area contributed by atoms with E-state index in [-0.39, 0.29) is 46.9 Å². The van der Waals surface area contributed by atoms with Crippen LogP contribution in [0.15, 0.2) is 60.1 Å². The van der Waals surface area contributed by atoms with Crippen molar-refractivity contribution >= 4 is 46.0 Å². The summed E-state index contributed by atoms with van der Waals surface area (Å²) in [6.45, 7) is 3.91. The zero-order valence-corrected chi connectivity index (χ0v) is 23.7. The third kappa shape index (κ3) is 5.98. The van der Waals surface area contributed by atoms with Gasteiger partial charge in [-0.3, -0.25) is 24.4 Å². The highest BCUT2D eigenvalue weighted by Gasteiger charge is 2.34. The number of halogens is 1. The number of anilines is 1. The van der Waals surface area contributed by atoms with Crippen LogP contribution in [0.2, 0.25) is 0 Å². The Labute approximate surface area is 237 Å². The van der Waals surface area contributed by atoms with Crippen LogP contribution in [0.3, 0.4) is 0 Å². The molecule has 39 heavy (non-hydrogen) atoms. The maximum absolute atomic E-state index is 12.5. The van der Waals surface area contributed by atoms with Gasteiger partial charge in [0, 0.05) is 53.7 Å². The van der Waals surface area contributed by atoms with Crippen LogP contribution in [-0.4, -0.2) is 38.4 Å². The molecule has 0 saturated carbocycles. The molecule has 1 aliphatic heterocycles. The lowest BCUT2D eigenvalue weighted by atomic mass is 9.80. The number of ketones is 1. The predicted octanol–water partition coefficient (Wildman–Crippen LogP) is 5.28. The quantitative estimate of drug-likeness (QED) is 0.444. The Hall–Kier alpha value is -3.72. The minimum absolute atomic E-state index is 0. The number of carbonyl (C=O) groups is 3. The second kappa shape index (κ2) is 12.0. The fourth-order valence-electron chi connectivity index (χ4n) is 5.46. The maximum atomic E-state index is 12.5. The number of hydrogen-bond acceptors (Lipinski definition) is 6. The smallest absolute Gasteiger partial charge is 0.304 e. The molecule has 9 heteroatoms. The van der Waals surface area contributed by atoms with Crippen LogP contribution in [-0.2, 0) is 22.4 Å². The van der Waals surface area contributed by atoms with Gasteiger partial charge in [-0.1, -0.05) is 17.7 Å². The first-order valence-corrected chi connectivity index (χ1v) is 12.9. The number of hydrogen-bond donors (Lipinski definition) is 1. The van der Waals surface area contributed by atoms with Gasteiger partial charge in [0.15, 0.2) is 5.78 Å². The Morgan fingerprint density at radius 2 is 1.74 bits per heavy atom. The number of Topliss-reactive ketones (excluding diaryl/α,β-unsaturated/α-hetero) is 1. The molecular formula is C30H31BrN4O4. The Morgan fingerprint density at radius 3 is 2.49 bits per heavy atom. The van der Waals surface area contributed by atoms with E-state index in [1.165, 1.54) is 11.1 Å². The number of amides is 1. The lowest BCUT2D eigenvalue weighted by Gasteiger charge is -2.33. The summed E-state index contributed by atoms with van der Waals surface area (Å²) in [5.41, 5.74) is 7.93. The van der Waals surface area contributed by atoms with Gasteiger partial charge in [0.1, 0.15) is 0 Å². The van der Waals surface area contributed by atoms with E-state index in [4.69, 9.17) is 10.2 Å². The minimum atomic E-state index is -0.910. The van der Waals surface area contributed by atoms with Crippen LogP contribution in [0.25, 0.3) is 0 Å². The van der Waals surface area contributed by atoms with Crippen molar-refractivity contribution in [2.24, 2.45) is 16.9 Å². The van der Waals surface area contributed by atoms with Crippen molar-refractivity contribution in [3.05, 3.63) is 88.5 Å². The van der Waals surface area contributed by atoms with Gasteiger partial charge in [-0.25, -0.2) is 5.01 Å². The number of aryl methyl sites for hydroxylation is 3. The molecule has 6 rings (SSSR count). The van der Waals surface area contributed by atoms with Gasteiger partial charge in [0.05, 0.1) is 17.8 Å². The topological polar surface area (TPSA) is 113 Å². The number of rotatable bonds is 3. The van der Waals surface area contributed by atoms with Crippen molar-refractivity contribution in [2.45, 2.75) is 52.4 Å². The summed E-state index contributed by atoms with van der Waals surface area (Å²) in [6, 6.07) is 11.6. The molecule has 0 bridgehead atoms. The molecule has 1 amide bonds. The van der Waals surface area contributed by atoms with Crippen LogP contribution in [0.5, 0.6) is 0 Å². The molecule has 0 fully saturated rings. The standard InChI is InChI=1S/C18H17N3O.C12H13NO3.BrH/c1-12-2-6-15(7-3-12)21-17(22)10-13-4-5-14-11-19-9-8-16(14)18(13)20-21;1-7-9-3-2-8(6-11(14)15)12(16)10(9)4-5-13-7;/h2-3,6-9,11,13H,4-5,10H2,1H3;4-5,8H,2-3,6H2,1H3,(H,14,15);1H. The largest absolute Gasteiger partial charge is 0.481 e. The molecule has 2 aromatic heterocycles. The molecule has 2 unspecified atom stereocenters. The number of benzene rings is 1. The van der Waals surface area contributed by atoms with Crippen LogP contribution < -0.4 is 5.01 Å². The number of aliphatic carboxylic acids is 1. The van der Waals surface area contributed by atoms with Crippen molar-refractivity contribution in [2.75, 3.05) is 5.01 Å². The molecule has 3 aromatic rings. The van der Waals surface area contributed by atoms with Gasteiger partial charge in [0.25, 0.3) is 0 Å². The summed E-state index contributed by atoms with van der Waals surface area (Å²) < 4.78 is 0. The number of carboxylic acid groups (broad SMARTS) is 1. The van der Waals surface area contributed by atoms with Gasteiger partial charge >= 0.3 is 5.97 Å². The van der Waals surface area contributed by atoms with Gasteiger partial charge in [0.2, 0.25) is 5.91 Å². The van der Waals surface area contributed by atoms with Gasteiger partial charge < -0.3 is 5.11 Å². The fourth-order valence-corrected chi connectivity index (χ4v) is 5.46. The van der Waals surface area contributed by atoms with Crippen LogP contribution in [0, 0.1) is 25.7 Å². The van der Waals surface area contributed by atoms with Crippen LogP contribution >= 0.6 is 17.0 Å². The van der Waals surface area contributed by atoms with E-state index in [9.17, 15) is 14.4 Å². The first-order valence-electron chi connectivity index (χ1n) is 12.9. The summed E-state index contributed by atoms with van der Waals surface area (Å²) in [5, 5.41) is 15.0. The van der Waals surface area contributed by atoms with Crippen molar-refractivity contribution in [1.82, 2.24) is 9.97 Å². The second-order valence-electron chi connectivity index (χ2n) is 10.1. The molecule has 3 heterocycles. The molecule has 1 aromatic carbocycles. The average Bonchev–Trinajstić information content (AvgIpc) is 2.91. The van der Waals surface area contributed by atoms with Crippen molar-refractivity contribution in [3.63, 3.8) is 0 Å². The molecule has 202 valence electrons. The molecule has 0 spiro atoms. The zero-order valence-electron chi connectivity index (χ0n) is 22.0. The highest BCUT2D eigenvalue weighted by Crippen LogP contribution is 2.33. The number of carboxylic acids is 1. The summed E-state index contributed by atoms with van der Waals surface area (Å²) in [4.78, 5) is 43.4. The maximum Gasteiger partial charge on any atom is 0.304 e. The summed E-state index contributed by atoms with van der Waals surface area (Å²) in [5.74, 6) is -1.01. The van der Waals surface area contributed by atoms with E-state index >= 15 is 0 Å². The molecule has 3 aliphatic rings. The van der Waals surface area contributed by atoms with Crippen molar-refractivity contribution in [1.29, 1.82) is 0 Å². The van der Waals surface area contributed by atoms with Gasteiger partial charge in [-0.2, -0.15) is 5.10 Å². The summed E-state index contributed by atoms with van der Waals surface area (Å²) in [6.07, 6.45) is 9.11. The molecule has 2 aliphatic carbocycles.